The topological polar surface area (TPSA) is 180 Å². The van der Waals surface area contributed by atoms with Gasteiger partial charge in [-0.3, -0.25) is 9.63 Å². The smallest absolute Gasteiger partial charge is 0.407 e. The van der Waals surface area contributed by atoms with Crippen LogP contribution in [0.15, 0.2) is 54.7 Å². The van der Waals surface area contributed by atoms with E-state index in [4.69, 9.17) is 29.3 Å². The van der Waals surface area contributed by atoms with Crippen LogP contribution in [0, 0.1) is 11.8 Å². The molecule has 3 amide bonds. The summed E-state index contributed by atoms with van der Waals surface area (Å²) in [5.41, 5.74) is 6.25. The van der Waals surface area contributed by atoms with E-state index in [9.17, 15) is 14.4 Å². The van der Waals surface area contributed by atoms with Crippen LogP contribution in [0.25, 0.3) is 44.5 Å². The van der Waals surface area contributed by atoms with Gasteiger partial charge in [-0.1, -0.05) is 58.7 Å². The van der Waals surface area contributed by atoms with E-state index in [2.05, 4.69) is 58.7 Å². The fraction of sp³-hybridized carbons (Fsp3) is 0.488. The normalized spacial score (nSPS) is 19.2. The number of imidazole rings is 2. The van der Waals surface area contributed by atoms with Gasteiger partial charge in [0.1, 0.15) is 17.7 Å². The molecule has 2 aliphatic heterocycles. The second-order valence-electron chi connectivity index (χ2n) is 15.6. The molecular weight excluding hydrogens is 739 g/mol. The molecule has 2 saturated heterocycles. The van der Waals surface area contributed by atoms with E-state index >= 15 is 0 Å². The van der Waals surface area contributed by atoms with Gasteiger partial charge in [-0.05, 0) is 67.9 Å². The summed E-state index contributed by atoms with van der Waals surface area (Å²) >= 11 is 0. The molecule has 2 fully saturated rings. The third-order valence-electron chi connectivity index (χ3n) is 11.9. The van der Waals surface area contributed by atoms with Crippen LogP contribution in [0.1, 0.15) is 90.0 Å². The molecule has 2 aromatic carbocycles. The van der Waals surface area contributed by atoms with Gasteiger partial charge in [-0.2, -0.15) is 5.06 Å². The largest absolute Gasteiger partial charge is 0.453 e. The number of ether oxygens (including phenoxy) is 2. The Balaban J connectivity index is 1.04. The fourth-order valence-corrected chi connectivity index (χ4v) is 8.00. The van der Waals surface area contributed by atoms with Crippen LogP contribution in [0.4, 0.5) is 9.59 Å². The van der Waals surface area contributed by atoms with Gasteiger partial charge in [-0.15, -0.1) is 0 Å². The number of nitrogens with one attached hydrogen (secondary N) is 4. The maximum absolute atomic E-state index is 13.8. The molecule has 5 heterocycles. The lowest BCUT2D eigenvalue weighted by atomic mass is 9.97. The number of likely N-dealkylation sites (tertiary alicyclic amines) is 1. The Morgan fingerprint density at radius 3 is 2.31 bits per heavy atom. The minimum atomic E-state index is -0.679. The number of alkyl carbamates (subject to hydrolysis) is 2. The first-order chi connectivity index (χ1) is 28.1. The van der Waals surface area contributed by atoms with Crippen LogP contribution in [-0.4, -0.2) is 99.0 Å². The summed E-state index contributed by atoms with van der Waals surface area (Å²) in [6, 6.07) is 15.3. The maximum atomic E-state index is 13.8. The number of fused-ring (bicyclic) bond motifs is 2. The number of benzene rings is 2. The molecule has 58 heavy (non-hydrogen) atoms. The first-order valence-electron chi connectivity index (χ1n) is 20.5. The zero-order valence-electron chi connectivity index (χ0n) is 34.2. The second kappa shape index (κ2) is 17.9. The molecule has 0 spiro atoms. The highest BCUT2D eigenvalue weighted by atomic mass is 16.7. The summed E-state index contributed by atoms with van der Waals surface area (Å²) in [4.78, 5) is 67.7. The predicted octanol–water partition coefficient (Wildman–Crippen LogP) is 7.44. The van der Waals surface area contributed by atoms with Crippen LogP contribution in [0.3, 0.4) is 0 Å². The minimum absolute atomic E-state index is 0.0191. The first-order valence-corrected chi connectivity index (χ1v) is 20.5. The molecule has 4 N–H and O–H groups in total. The Kier molecular flexibility index (Phi) is 12.6. The van der Waals surface area contributed by atoms with Crippen molar-refractivity contribution in [3.8, 4) is 22.5 Å². The third kappa shape index (κ3) is 8.65. The number of hydrogen-bond donors (Lipinski definition) is 4. The van der Waals surface area contributed by atoms with E-state index in [1.165, 1.54) is 14.2 Å². The summed E-state index contributed by atoms with van der Waals surface area (Å²) in [7, 11) is 2.67. The standard InChI is InChI=1S/C43H55N9O6/c1-7-25(3)35(49-42(54)56-5)24-58-52-20-10-12-37(52)39-44-23-34(48-39)28-14-17-30-27(21-28)13-16-31(45-30)29-15-18-32-33(22-29)47-40(46-32)36-11-9-19-51(36)41(53)38(26(4)8-2)50-43(55)57-6/h13-18,21-23,25-26,35-38H,7-12,19-20,24H2,1-6H3,(H,44,48)(H,46,47)(H,49,54)(H,50,55)/t25-,26-,35+,36-,37-,38-/m0/s1. The second-order valence-corrected chi connectivity index (χ2v) is 15.6. The van der Waals surface area contributed by atoms with Gasteiger partial charge in [-0.25, -0.2) is 24.5 Å². The zero-order chi connectivity index (χ0) is 40.9. The molecule has 0 unspecified atom stereocenters. The van der Waals surface area contributed by atoms with Crippen molar-refractivity contribution < 1.29 is 28.7 Å². The van der Waals surface area contributed by atoms with E-state index in [1.807, 2.05) is 54.3 Å². The summed E-state index contributed by atoms with van der Waals surface area (Å²) in [6.45, 7) is 9.87. The molecule has 0 radical (unpaired) electrons. The molecule has 0 aliphatic carbocycles. The van der Waals surface area contributed by atoms with Gasteiger partial charge in [0.15, 0.2) is 0 Å². The van der Waals surface area contributed by atoms with Gasteiger partial charge in [0, 0.05) is 29.6 Å². The molecule has 308 valence electrons. The Bertz CT molecular complexity index is 2240. The fourth-order valence-electron chi connectivity index (χ4n) is 8.00. The first kappa shape index (κ1) is 40.6. The van der Waals surface area contributed by atoms with E-state index < -0.39 is 18.2 Å². The van der Waals surface area contributed by atoms with Crippen LogP contribution < -0.4 is 10.6 Å². The molecule has 0 saturated carbocycles. The molecule has 5 aromatic rings. The van der Waals surface area contributed by atoms with Crippen molar-refractivity contribution in [3.63, 3.8) is 0 Å². The van der Waals surface area contributed by atoms with Crippen molar-refractivity contribution >= 4 is 40.0 Å². The highest BCUT2D eigenvalue weighted by Crippen LogP contribution is 2.35. The lowest BCUT2D eigenvalue weighted by Gasteiger charge is -2.30. The van der Waals surface area contributed by atoms with Crippen molar-refractivity contribution in [1.82, 2.24) is 45.5 Å². The van der Waals surface area contributed by atoms with Crippen molar-refractivity contribution in [2.45, 2.75) is 90.4 Å². The molecule has 15 heteroatoms. The molecule has 3 aromatic heterocycles. The van der Waals surface area contributed by atoms with E-state index in [-0.39, 0.29) is 35.9 Å². The number of rotatable bonds is 14. The predicted molar refractivity (Wildman–Crippen MR) is 220 cm³/mol. The van der Waals surface area contributed by atoms with Crippen LogP contribution in [0.2, 0.25) is 0 Å². The summed E-state index contributed by atoms with van der Waals surface area (Å²) in [5.74, 6) is 1.62. The highest BCUT2D eigenvalue weighted by Gasteiger charge is 2.38. The highest BCUT2D eigenvalue weighted by molar-refractivity contribution is 5.88. The van der Waals surface area contributed by atoms with Crippen molar-refractivity contribution in [1.29, 1.82) is 0 Å². The third-order valence-corrected chi connectivity index (χ3v) is 11.9. The molecule has 7 rings (SSSR count). The summed E-state index contributed by atoms with van der Waals surface area (Å²) in [6.07, 6.45) is 5.95. The van der Waals surface area contributed by atoms with E-state index in [1.54, 1.807) is 0 Å². The number of carbonyl (C=O) groups excluding carboxylic acids is 3. The van der Waals surface area contributed by atoms with E-state index in [0.29, 0.717) is 13.2 Å². The number of amides is 3. The van der Waals surface area contributed by atoms with Gasteiger partial charge < -0.3 is 35.0 Å². The minimum Gasteiger partial charge on any atom is -0.453 e. The van der Waals surface area contributed by atoms with Gasteiger partial charge in [0.2, 0.25) is 5.91 Å². The Morgan fingerprint density at radius 1 is 0.810 bits per heavy atom. The van der Waals surface area contributed by atoms with Crippen LogP contribution in [0.5, 0.6) is 0 Å². The summed E-state index contributed by atoms with van der Waals surface area (Å²) < 4.78 is 9.65. The quantitative estimate of drug-likeness (QED) is 0.0883. The monoisotopic (exact) mass is 793 g/mol. The van der Waals surface area contributed by atoms with Crippen LogP contribution >= 0.6 is 0 Å². The molecular formula is C43H55N9O6. The SMILES string of the molecule is CC[C@H](C)[C@H](NC(=O)OC)C(=O)N1CCC[C@H]1c1nc2ccc(-c3ccc4cc(-c5cnc([C@@H]6CCCN6OC[C@@H](NC(=O)OC)[C@@H](C)CC)[nH]5)ccc4n3)cc2[nH]1. The van der Waals surface area contributed by atoms with Gasteiger partial charge in [0.25, 0.3) is 0 Å². The average molecular weight is 794 g/mol. The number of pyridine rings is 1. The summed E-state index contributed by atoms with van der Waals surface area (Å²) in [5, 5.41) is 8.66. The molecule has 0 bridgehead atoms. The van der Waals surface area contributed by atoms with Gasteiger partial charge >= 0.3 is 12.2 Å². The lowest BCUT2D eigenvalue weighted by molar-refractivity contribution is -0.179. The number of H-pyrrole nitrogens is 2. The zero-order valence-corrected chi connectivity index (χ0v) is 34.2. The molecule has 2 aliphatic rings. The van der Waals surface area contributed by atoms with Gasteiger partial charge in [0.05, 0.1) is 73.1 Å². The Morgan fingerprint density at radius 2 is 1.53 bits per heavy atom. The van der Waals surface area contributed by atoms with Crippen LogP contribution in [-0.2, 0) is 19.1 Å². The number of methoxy groups -OCH3 is 2. The Hall–Kier alpha value is -5.54. The Labute approximate surface area is 338 Å². The lowest BCUT2D eigenvalue weighted by Crippen LogP contribution is -2.51. The number of nitrogens with zero attached hydrogens (tertiary/aromatic N) is 5. The number of hydroxylamine groups is 2. The number of aromatic amines is 2. The molecule has 15 nitrogen and oxygen atoms in total. The van der Waals surface area contributed by atoms with Crippen molar-refractivity contribution in [2.75, 3.05) is 33.9 Å². The van der Waals surface area contributed by atoms with Crippen molar-refractivity contribution in [3.05, 3.63) is 66.4 Å². The number of aromatic nitrogens is 5. The number of hydrogen-bond acceptors (Lipinski definition) is 10. The van der Waals surface area contributed by atoms with Crippen molar-refractivity contribution in [2.24, 2.45) is 11.8 Å². The average Bonchev–Trinajstić information content (AvgIpc) is 4.09. The van der Waals surface area contributed by atoms with E-state index in [0.717, 1.165) is 101 Å². The maximum Gasteiger partial charge on any atom is 0.407 e. The number of carbonyl (C=O) groups is 3. The molecule has 6 atom stereocenters.